The van der Waals surface area contributed by atoms with Crippen LogP contribution in [0.15, 0.2) is 20.7 Å². The number of aromatic nitrogens is 2. The summed E-state index contributed by atoms with van der Waals surface area (Å²) in [6.07, 6.45) is 0.972. The van der Waals surface area contributed by atoms with E-state index < -0.39 is 26.2 Å². The molecule has 8 nitrogen and oxygen atoms in total. The third-order valence-electron chi connectivity index (χ3n) is 2.63. The van der Waals surface area contributed by atoms with Crippen molar-refractivity contribution in [2.75, 3.05) is 13.1 Å². The van der Waals surface area contributed by atoms with Gasteiger partial charge in [-0.2, -0.15) is 9.57 Å². The highest BCUT2D eigenvalue weighted by molar-refractivity contribution is 7.89. The van der Waals surface area contributed by atoms with Gasteiger partial charge in [0.15, 0.2) is 4.90 Å². The van der Waals surface area contributed by atoms with Crippen LogP contribution in [0.2, 0.25) is 0 Å². The number of nitriles is 1. The van der Waals surface area contributed by atoms with E-state index in [1.165, 1.54) is 14.1 Å². The van der Waals surface area contributed by atoms with E-state index in [2.05, 4.69) is 0 Å². The molecule has 0 aromatic carbocycles. The molecule has 9 heteroatoms. The largest absolute Gasteiger partial charge is 0.330 e. The fourth-order valence-corrected chi connectivity index (χ4v) is 3.03. The van der Waals surface area contributed by atoms with Crippen LogP contribution in [0.4, 0.5) is 0 Å². The molecule has 0 aliphatic carbocycles. The molecule has 104 valence electrons. The molecule has 0 spiro atoms. The third kappa shape index (κ3) is 2.59. The van der Waals surface area contributed by atoms with Crippen LogP contribution in [-0.2, 0) is 24.1 Å². The number of hydrogen-bond acceptors (Lipinski definition) is 5. The Morgan fingerprint density at radius 1 is 1.37 bits per heavy atom. The van der Waals surface area contributed by atoms with Crippen molar-refractivity contribution < 1.29 is 8.42 Å². The van der Waals surface area contributed by atoms with Gasteiger partial charge in [0.25, 0.3) is 15.6 Å². The van der Waals surface area contributed by atoms with Gasteiger partial charge in [-0.05, 0) is 0 Å². The zero-order valence-corrected chi connectivity index (χ0v) is 11.6. The maximum Gasteiger partial charge on any atom is 0.330 e. The second kappa shape index (κ2) is 5.38. The molecule has 0 unspecified atom stereocenters. The molecule has 1 rings (SSSR count). The van der Waals surface area contributed by atoms with E-state index in [-0.39, 0.29) is 13.1 Å². The van der Waals surface area contributed by atoms with Gasteiger partial charge < -0.3 is 4.57 Å². The summed E-state index contributed by atoms with van der Waals surface area (Å²) in [5.41, 5.74) is -1.52. The minimum Gasteiger partial charge on any atom is -0.302 e. The van der Waals surface area contributed by atoms with Gasteiger partial charge in [-0.15, -0.1) is 0 Å². The quantitative estimate of drug-likeness (QED) is 0.634. The lowest BCUT2D eigenvalue weighted by Gasteiger charge is -2.17. The van der Waals surface area contributed by atoms with Crippen molar-refractivity contribution >= 4 is 10.0 Å². The second-order valence-electron chi connectivity index (χ2n) is 3.84. The first-order chi connectivity index (χ1) is 8.77. The molecular formula is C10H14N4O4S. The average molecular weight is 286 g/mol. The molecule has 1 aromatic rings. The first kappa shape index (κ1) is 15.1. The first-order valence-electron chi connectivity index (χ1n) is 5.41. The van der Waals surface area contributed by atoms with Crippen LogP contribution in [0, 0.1) is 11.3 Å². The minimum absolute atomic E-state index is 0.0574. The Bertz CT molecular complexity index is 738. The van der Waals surface area contributed by atoms with Crippen molar-refractivity contribution in [2.24, 2.45) is 14.1 Å². The van der Waals surface area contributed by atoms with Crippen LogP contribution in [0.1, 0.15) is 6.92 Å². The maximum atomic E-state index is 12.2. The van der Waals surface area contributed by atoms with Crippen molar-refractivity contribution in [3.8, 4) is 6.07 Å². The third-order valence-corrected chi connectivity index (χ3v) is 4.54. The summed E-state index contributed by atoms with van der Waals surface area (Å²) in [5, 5.41) is 8.61. The standard InChI is InChI=1S/C10H14N4O4S/c1-4-14(6-5-11)19(17,18)8-7-12(2)10(16)13(3)9(8)15/h7H,4,6H2,1-3H3. The smallest absolute Gasteiger partial charge is 0.302 e. The molecule has 1 heterocycles. The Hall–Kier alpha value is -1.92. The zero-order chi connectivity index (χ0) is 14.8. The summed E-state index contributed by atoms with van der Waals surface area (Å²) in [6, 6.07) is 1.72. The fourth-order valence-electron chi connectivity index (χ4n) is 1.54. The molecule has 1 aromatic heterocycles. The number of nitrogens with zero attached hydrogens (tertiary/aromatic N) is 4. The van der Waals surface area contributed by atoms with Gasteiger partial charge in [-0.3, -0.25) is 9.36 Å². The Morgan fingerprint density at radius 2 is 1.95 bits per heavy atom. The zero-order valence-electron chi connectivity index (χ0n) is 10.8. The van der Waals surface area contributed by atoms with E-state index in [1.54, 1.807) is 13.0 Å². The molecule has 0 fully saturated rings. The van der Waals surface area contributed by atoms with Crippen LogP contribution < -0.4 is 11.2 Å². The van der Waals surface area contributed by atoms with Gasteiger partial charge in [0.05, 0.1) is 6.07 Å². The monoisotopic (exact) mass is 286 g/mol. The summed E-state index contributed by atoms with van der Waals surface area (Å²) in [5.74, 6) is 0. The molecular weight excluding hydrogens is 272 g/mol. The minimum atomic E-state index is -4.09. The van der Waals surface area contributed by atoms with Gasteiger partial charge in [-0.25, -0.2) is 13.2 Å². The van der Waals surface area contributed by atoms with E-state index in [1.807, 2.05) is 0 Å². The molecule has 0 aliphatic rings. The predicted octanol–water partition coefficient (Wildman–Crippen LogP) is -1.38. The molecule has 0 saturated carbocycles. The predicted molar refractivity (Wildman–Crippen MR) is 67.0 cm³/mol. The highest BCUT2D eigenvalue weighted by Crippen LogP contribution is 2.09. The molecule has 0 bridgehead atoms. The van der Waals surface area contributed by atoms with Crippen molar-refractivity contribution in [1.82, 2.24) is 13.4 Å². The number of hydrogen-bond donors (Lipinski definition) is 0. The summed E-state index contributed by atoms with van der Waals surface area (Å²) < 4.78 is 27.1. The van der Waals surface area contributed by atoms with Crippen molar-refractivity contribution in [1.29, 1.82) is 5.26 Å². The Morgan fingerprint density at radius 3 is 2.42 bits per heavy atom. The van der Waals surface area contributed by atoms with Gasteiger partial charge in [-0.1, -0.05) is 6.92 Å². The van der Waals surface area contributed by atoms with E-state index >= 15 is 0 Å². The number of sulfonamides is 1. The van der Waals surface area contributed by atoms with E-state index in [9.17, 15) is 18.0 Å². The van der Waals surface area contributed by atoms with E-state index in [0.717, 1.165) is 15.1 Å². The Kier molecular flexibility index (Phi) is 4.28. The SMILES string of the molecule is CCN(CC#N)S(=O)(=O)c1cn(C)c(=O)n(C)c1=O. The molecule has 0 N–H and O–H groups in total. The lowest BCUT2D eigenvalue weighted by atomic mass is 10.6. The first-order valence-corrected chi connectivity index (χ1v) is 6.85. The van der Waals surface area contributed by atoms with Gasteiger partial charge >= 0.3 is 5.69 Å². The number of rotatable bonds is 4. The van der Waals surface area contributed by atoms with Crippen LogP contribution in [0.5, 0.6) is 0 Å². The topological polar surface area (TPSA) is 105 Å². The van der Waals surface area contributed by atoms with Gasteiger partial charge in [0, 0.05) is 26.8 Å². The van der Waals surface area contributed by atoms with Crippen molar-refractivity contribution in [3.05, 3.63) is 27.0 Å². The van der Waals surface area contributed by atoms with Gasteiger partial charge in [0.1, 0.15) is 6.54 Å². The van der Waals surface area contributed by atoms with Crippen LogP contribution in [0.3, 0.4) is 0 Å². The van der Waals surface area contributed by atoms with E-state index in [0.29, 0.717) is 4.57 Å². The Balaban J connectivity index is 3.60. The molecule has 0 amide bonds. The van der Waals surface area contributed by atoms with Gasteiger partial charge in [0.2, 0.25) is 0 Å². The summed E-state index contributed by atoms with van der Waals surface area (Å²) in [4.78, 5) is 22.9. The lowest BCUT2D eigenvalue weighted by Crippen LogP contribution is -2.42. The highest BCUT2D eigenvalue weighted by atomic mass is 32.2. The molecule has 0 saturated heterocycles. The van der Waals surface area contributed by atoms with Crippen LogP contribution >= 0.6 is 0 Å². The maximum absolute atomic E-state index is 12.2. The fraction of sp³-hybridized carbons (Fsp3) is 0.500. The molecule has 0 atom stereocenters. The summed E-state index contributed by atoms with van der Waals surface area (Å²) >= 11 is 0. The second-order valence-corrected chi connectivity index (χ2v) is 5.75. The average Bonchev–Trinajstić information content (AvgIpc) is 2.37. The molecule has 0 radical (unpaired) electrons. The van der Waals surface area contributed by atoms with Crippen molar-refractivity contribution in [2.45, 2.75) is 11.8 Å². The summed E-state index contributed by atoms with van der Waals surface area (Å²) in [6.45, 7) is 1.26. The molecule has 19 heavy (non-hydrogen) atoms. The number of aryl methyl sites for hydroxylation is 1. The van der Waals surface area contributed by atoms with E-state index in [4.69, 9.17) is 5.26 Å². The lowest BCUT2D eigenvalue weighted by molar-refractivity contribution is 0.458. The Labute approximate surface area is 110 Å². The molecule has 0 aliphatic heterocycles. The van der Waals surface area contributed by atoms with Crippen LogP contribution in [0.25, 0.3) is 0 Å². The summed E-state index contributed by atoms with van der Waals surface area (Å²) in [7, 11) is -1.54. The highest BCUT2D eigenvalue weighted by Gasteiger charge is 2.27. The van der Waals surface area contributed by atoms with Crippen molar-refractivity contribution in [3.63, 3.8) is 0 Å². The normalized spacial score (nSPS) is 11.5. The van der Waals surface area contributed by atoms with Crippen LogP contribution in [-0.4, -0.2) is 34.9 Å².